The molecule has 0 aliphatic heterocycles. The maximum Gasteiger partial charge on any atom is 0.240 e. The van der Waals surface area contributed by atoms with Gasteiger partial charge in [-0.1, -0.05) is 12.1 Å². The molecule has 0 aliphatic carbocycles. The molecule has 0 atom stereocenters. The van der Waals surface area contributed by atoms with Crippen LogP contribution in [0.5, 0.6) is 5.75 Å². The van der Waals surface area contributed by atoms with Crippen LogP contribution in [0.2, 0.25) is 0 Å². The molecule has 24 heavy (non-hydrogen) atoms. The van der Waals surface area contributed by atoms with Crippen LogP contribution >= 0.6 is 0 Å². The number of benzene rings is 2. The minimum absolute atomic E-state index is 0.224. The molecule has 1 N–H and O–H groups in total. The molecule has 5 heteroatoms. The normalized spacial score (nSPS) is 11.5. The highest BCUT2D eigenvalue weighted by molar-refractivity contribution is 7.89. The smallest absolute Gasteiger partial charge is 0.240 e. The number of nitrogens with one attached hydrogen (secondary N) is 1. The Kier molecular flexibility index (Phi) is 5.67. The Morgan fingerprint density at radius 2 is 1.42 bits per heavy atom. The lowest BCUT2D eigenvalue weighted by Gasteiger charge is -2.13. The van der Waals surface area contributed by atoms with Crippen LogP contribution in [0.15, 0.2) is 35.2 Å². The van der Waals surface area contributed by atoms with Gasteiger partial charge >= 0.3 is 0 Å². The largest absolute Gasteiger partial charge is 0.492 e. The fraction of sp³-hybridized carbons (Fsp3) is 0.368. The zero-order chi connectivity index (χ0) is 17.9. The van der Waals surface area contributed by atoms with E-state index in [1.54, 1.807) is 6.07 Å². The minimum Gasteiger partial charge on any atom is -0.492 e. The fourth-order valence-corrected chi connectivity index (χ4v) is 3.98. The van der Waals surface area contributed by atoms with Crippen LogP contribution in [0.1, 0.15) is 27.8 Å². The van der Waals surface area contributed by atoms with E-state index in [1.807, 2.05) is 52.8 Å². The molecule has 4 nitrogen and oxygen atoms in total. The SMILES string of the molecule is Cc1cc(C)cc(OCCNS(=O)(=O)c2cc(C)c(C)cc2C)c1. The molecule has 2 aromatic rings. The van der Waals surface area contributed by atoms with E-state index in [1.165, 1.54) is 0 Å². The number of sulfonamides is 1. The van der Waals surface area contributed by atoms with E-state index in [2.05, 4.69) is 10.8 Å². The van der Waals surface area contributed by atoms with Gasteiger partial charge in [0.25, 0.3) is 0 Å². The third-order valence-corrected chi connectivity index (χ3v) is 5.54. The molecule has 0 saturated carbocycles. The Bertz CT molecular complexity index is 822. The van der Waals surface area contributed by atoms with Gasteiger partial charge in [0.05, 0.1) is 4.90 Å². The number of hydrogen-bond acceptors (Lipinski definition) is 3. The second kappa shape index (κ2) is 7.36. The average molecular weight is 347 g/mol. The maximum atomic E-state index is 12.5. The van der Waals surface area contributed by atoms with Gasteiger partial charge in [-0.15, -0.1) is 0 Å². The van der Waals surface area contributed by atoms with Crippen LogP contribution in [-0.2, 0) is 10.0 Å². The Balaban J connectivity index is 1.99. The summed E-state index contributed by atoms with van der Waals surface area (Å²) in [5.41, 5.74) is 5.05. The third-order valence-electron chi connectivity index (χ3n) is 3.94. The van der Waals surface area contributed by atoms with Crippen LogP contribution in [-0.4, -0.2) is 21.6 Å². The van der Waals surface area contributed by atoms with Crippen molar-refractivity contribution in [3.05, 3.63) is 58.1 Å². The van der Waals surface area contributed by atoms with Crippen molar-refractivity contribution < 1.29 is 13.2 Å². The van der Waals surface area contributed by atoms with Crippen molar-refractivity contribution in [2.24, 2.45) is 0 Å². The van der Waals surface area contributed by atoms with Gasteiger partial charge in [-0.05, 0) is 80.6 Å². The summed E-state index contributed by atoms with van der Waals surface area (Å²) >= 11 is 0. The van der Waals surface area contributed by atoms with E-state index in [0.717, 1.165) is 33.6 Å². The summed E-state index contributed by atoms with van der Waals surface area (Å²) in [6, 6.07) is 9.57. The van der Waals surface area contributed by atoms with Crippen molar-refractivity contribution >= 4 is 10.0 Å². The molecule has 0 aromatic heterocycles. The number of aryl methyl sites for hydroxylation is 5. The number of rotatable bonds is 6. The van der Waals surface area contributed by atoms with Gasteiger partial charge < -0.3 is 4.74 Å². The molecule has 130 valence electrons. The van der Waals surface area contributed by atoms with E-state index < -0.39 is 10.0 Å². The topological polar surface area (TPSA) is 55.4 Å². The van der Waals surface area contributed by atoms with E-state index in [9.17, 15) is 8.42 Å². The van der Waals surface area contributed by atoms with Crippen molar-refractivity contribution in [2.75, 3.05) is 13.2 Å². The van der Waals surface area contributed by atoms with Crippen molar-refractivity contribution in [2.45, 2.75) is 39.5 Å². The quantitative estimate of drug-likeness (QED) is 0.813. The Hall–Kier alpha value is -1.85. The maximum absolute atomic E-state index is 12.5. The van der Waals surface area contributed by atoms with E-state index >= 15 is 0 Å². The van der Waals surface area contributed by atoms with Crippen LogP contribution < -0.4 is 9.46 Å². The Labute approximate surface area is 144 Å². The van der Waals surface area contributed by atoms with E-state index in [-0.39, 0.29) is 13.2 Å². The molecule has 0 spiro atoms. The summed E-state index contributed by atoms with van der Waals surface area (Å²) in [5, 5.41) is 0. The molecular formula is C19H25NO3S. The van der Waals surface area contributed by atoms with Gasteiger partial charge in [0.15, 0.2) is 0 Å². The summed E-state index contributed by atoms with van der Waals surface area (Å²) in [6.07, 6.45) is 0. The van der Waals surface area contributed by atoms with Gasteiger partial charge in [0.2, 0.25) is 10.0 Å². The number of hydrogen-bond donors (Lipinski definition) is 1. The predicted octanol–water partition coefficient (Wildman–Crippen LogP) is 3.59. The summed E-state index contributed by atoms with van der Waals surface area (Å²) in [7, 11) is -3.53. The lowest BCUT2D eigenvalue weighted by Crippen LogP contribution is -2.29. The molecule has 0 aliphatic rings. The Morgan fingerprint density at radius 1 is 0.833 bits per heavy atom. The highest BCUT2D eigenvalue weighted by atomic mass is 32.2. The molecule has 0 amide bonds. The first-order chi connectivity index (χ1) is 11.2. The van der Waals surface area contributed by atoms with Gasteiger partial charge in [0, 0.05) is 6.54 Å². The molecule has 2 rings (SSSR count). The van der Waals surface area contributed by atoms with Crippen molar-refractivity contribution in [3.63, 3.8) is 0 Å². The predicted molar refractivity (Wildman–Crippen MR) is 97.3 cm³/mol. The first kappa shape index (κ1) is 18.5. The highest BCUT2D eigenvalue weighted by Crippen LogP contribution is 2.20. The molecule has 0 fully saturated rings. The van der Waals surface area contributed by atoms with Crippen molar-refractivity contribution in [1.82, 2.24) is 4.72 Å². The fourth-order valence-electron chi connectivity index (χ4n) is 2.66. The molecule has 0 unspecified atom stereocenters. The second-order valence-corrected chi connectivity index (χ2v) is 8.01. The van der Waals surface area contributed by atoms with Crippen LogP contribution in [0.3, 0.4) is 0 Å². The zero-order valence-corrected chi connectivity index (χ0v) is 15.8. The average Bonchev–Trinajstić information content (AvgIpc) is 2.46. The molecule has 0 heterocycles. The zero-order valence-electron chi connectivity index (χ0n) is 14.9. The summed E-state index contributed by atoms with van der Waals surface area (Å²) < 4.78 is 33.2. The first-order valence-corrected chi connectivity index (χ1v) is 9.46. The van der Waals surface area contributed by atoms with Crippen molar-refractivity contribution in [1.29, 1.82) is 0 Å². The molecule has 0 bridgehead atoms. The van der Waals surface area contributed by atoms with Crippen LogP contribution in [0.25, 0.3) is 0 Å². The van der Waals surface area contributed by atoms with Crippen molar-refractivity contribution in [3.8, 4) is 5.75 Å². The lowest BCUT2D eigenvalue weighted by atomic mass is 10.1. The van der Waals surface area contributed by atoms with Gasteiger partial charge in [-0.25, -0.2) is 13.1 Å². The molecule has 0 saturated heterocycles. The van der Waals surface area contributed by atoms with Crippen LogP contribution in [0.4, 0.5) is 0 Å². The summed E-state index contributed by atoms with van der Waals surface area (Å²) in [4.78, 5) is 0.331. The second-order valence-electron chi connectivity index (χ2n) is 6.27. The molecule has 0 radical (unpaired) electrons. The van der Waals surface area contributed by atoms with Gasteiger partial charge in [0.1, 0.15) is 12.4 Å². The van der Waals surface area contributed by atoms with Gasteiger partial charge in [-0.3, -0.25) is 0 Å². The van der Waals surface area contributed by atoms with E-state index in [0.29, 0.717) is 4.90 Å². The molecule has 2 aromatic carbocycles. The molecular weight excluding hydrogens is 322 g/mol. The first-order valence-electron chi connectivity index (χ1n) is 7.97. The van der Waals surface area contributed by atoms with E-state index in [4.69, 9.17) is 4.74 Å². The van der Waals surface area contributed by atoms with Gasteiger partial charge in [-0.2, -0.15) is 0 Å². The van der Waals surface area contributed by atoms with Crippen LogP contribution in [0, 0.1) is 34.6 Å². The Morgan fingerprint density at radius 3 is 2.04 bits per heavy atom. The summed E-state index contributed by atoms with van der Waals surface area (Å²) in [6.45, 7) is 10.2. The monoisotopic (exact) mass is 347 g/mol. The lowest BCUT2D eigenvalue weighted by molar-refractivity contribution is 0.322. The standard InChI is InChI=1S/C19H25NO3S/c1-13-8-14(2)10-18(9-13)23-7-6-20-24(21,22)19-12-16(4)15(3)11-17(19)5/h8-12,20H,6-7H2,1-5H3. The summed E-state index contributed by atoms with van der Waals surface area (Å²) in [5.74, 6) is 0.758. The number of ether oxygens (including phenoxy) is 1. The highest BCUT2D eigenvalue weighted by Gasteiger charge is 2.17. The minimum atomic E-state index is -3.53. The third kappa shape index (κ3) is 4.58.